The summed E-state index contributed by atoms with van der Waals surface area (Å²) in [7, 11) is 11.2. The van der Waals surface area contributed by atoms with Gasteiger partial charge in [-0.1, -0.05) is 36.4 Å². The maximum atomic E-state index is 12.9. The Bertz CT molecular complexity index is 7290. The number of esters is 2. The highest BCUT2D eigenvalue weighted by molar-refractivity contribution is 9.10. The molecule has 0 bridgehead atoms. The minimum absolute atomic E-state index is 0.280. The molecule has 6 aliphatic heterocycles. The molecule has 0 amide bonds. The monoisotopic (exact) mass is 2080 g/mol. The van der Waals surface area contributed by atoms with Crippen LogP contribution in [0.1, 0.15) is 186 Å². The van der Waals surface area contributed by atoms with Crippen LogP contribution in [0.3, 0.4) is 0 Å². The fourth-order valence-electron chi connectivity index (χ4n) is 18.6. The van der Waals surface area contributed by atoms with Crippen LogP contribution in [-0.2, 0) is 110 Å². The van der Waals surface area contributed by atoms with Crippen molar-refractivity contribution in [2.24, 2.45) is 35.2 Å². The Morgan fingerprint density at radius 2 is 0.658 bits per heavy atom. The number of aryl methyl sites for hydroxylation is 10. The van der Waals surface area contributed by atoms with Gasteiger partial charge in [0, 0.05) is 147 Å². The lowest BCUT2D eigenvalue weighted by Crippen LogP contribution is -2.41. The number of ether oxygens (including phenoxy) is 9. The van der Waals surface area contributed by atoms with Gasteiger partial charge in [-0.25, -0.2) is 14.4 Å². The maximum Gasteiger partial charge on any atom is 0.494 e. The molecule has 0 spiro atoms. The van der Waals surface area contributed by atoms with Crippen LogP contribution in [0, 0.1) is 0 Å². The molecule has 3 unspecified atom stereocenters. The number of aldehydes is 2. The molecule has 1 fully saturated rings. The van der Waals surface area contributed by atoms with E-state index in [-0.39, 0.29) is 18.3 Å². The summed E-state index contributed by atoms with van der Waals surface area (Å²) >= 11 is 3.36. The molecule has 0 aliphatic carbocycles. The number of halogens is 1. The number of hydrogen-bond acceptors (Lipinski definition) is 27. The topological polar surface area (TPSA) is 381 Å². The predicted molar refractivity (Wildman–Crippen MR) is 567 cm³/mol. The zero-order valence-electron chi connectivity index (χ0n) is 86.8. The molecule has 33 nitrogen and oxygen atoms in total. The highest BCUT2D eigenvalue weighted by atomic mass is 79.9. The number of aromatic nitrogens is 15. The van der Waals surface area contributed by atoms with Crippen molar-refractivity contribution in [3.63, 3.8) is 0 Å². The van der Waals surface area contributed by atoms with Crippen LogP contribution in [0.15, 0.2) is 218 Å². The van der Waals surface area contributed by atoms with Gasteiger partial charge in [0.05, 0.1) is 91.2 Å². The second-order valence-corrected chi connectivity index (χ2v) is 40.3. The van der Waals surface area contributed by atoms with Crippen LogP contribution < -0.4 is 29.1 Å². The lowest BCUT2D eigenvalue weighted by molar-refractivity contribution is -0.165. The third-order valence-corrected chi connectivity index (χ3v) is 27.2. The second kappa shape index (κ2) is 46.6. The molecule has 5 aromatic carbocycles. The molecular weight excluding hydrogens is 1960 g/mol. The minimum Gasteiger partial charge on any atom is -0.493 e. The Kier molecular flexibility index (Phi) is 33.4. The second-order valence-electron chi connectivity index (χ2n) is 39.5. The van der Waals surface area contributed by atoms with Gasteiger partial charge in [-0.2, -0.15) is 25.5 Å². The van der Waals surface area contributed by atoms with Crippen molar-refractivity contribution in [1.82, 2.24) is 73.8 Å². The van der Waals surface area contributed by atoms with Crippen LogP contribution in [0.4, 0.5) is 0 Å². The Morgan fingerprint density at radius 1 is 0.376 bits per heavy atom. The molecular formula is C114H123BBrN15O18. The van der Waals surface area contributed by atoms with Gasteiger partial charge in [-0.05, 0) is 320 Å². The maximum absolute atomic E-state index is 12.9. The number of hydrogen-bond donors (Lipinski definition) is 2. The summed E-state index contributed by atoms with van der Waals surface area (Å²) in [6.07, 6.45) is 25.0. The van der Waals surface area contributed by atoms with Gasteiger partial charge in [-0.15, -0.1) is 0 Å². The van der Waals surface area contributed by atoms with Gasteiger partial charge in [0.25, 0.3) is 0 Å². The largest absolute Gasteiger partial charge is 0.494 e. The van der Waals surface area contributed by atoms with E-state index in [4.69, 9.17) is 62.1 Å². The quantitative estimate of drug-likeness (QED) is 0.0406. The SMILES string of the molecule is CC1(C)OB(c2ccc3c(c2)CCCO3)OC1(C)C.COC(=O)C(O)c1c(-c2ccc3c(c2)CCCO3)c(-c2ccncc2)nn1C.COC(=O)C(OC(C)(C)C)c1c(-c2ccc3c(c2)CCCO3)c(-c2ccncc2)nn1C.Cn1nc(-c2ccncc2)c(-c2ccc3c(c2)CCCO3)c1C(OC(C)(C)C)C(=O)O.Cn1nc(-c2ccncc2)c(-c2ccc3c(c2)CCCO3)c1C=O.Cn1nc(-c2ccncc2)c(Br)c1C=O. The number of carboxylic acid groups (broad SMARTS) is 1. The normalized spacial score (nSPS) is 15.0. The average Bonchev–Trinajstić information content (AvgIpc) is 1.61. The lowest BCUT2D eigenvalue weighted by Gasteiger charge is -2.32. The first-order valence-corrected chi connectivity index (χ1v) is 50.3. The summed E-state index contributed by atoms with van der Waals surface area (Å²) in [6.45, 7) is 23.3. The first-order valence-electron chi connectivity index (χ1n) is 49.5. The van der Waals surface area contributed by atoms with Gasteiger partial charge < -0.3 is 62.2 Å². The lowest BCUT2D eigenvalue weighted by atomic mass is 9.78. The molecule has 21 rings (SSSR count). The minimum atomic E-state index is -1.44. The Labute approximate surface area is 874 Å². The summed E-state index contributed by atoms with van der Waals surface area (Å²) in [5.74, 6) is 2.36. The summed E-state index contributed by atoms with van der Waals surface area (Å²) < 4.78 is 71.6. The highest BCUT2D eigenvalue weighted by Gasteiger charge is 2.52. The summed E-state index contributed by atoms with van der Waals surface area (Å²) in [5, 5.41) is 43.6. The number of carboxylic acids is 1. The molecule has 15 aromatic rings. The van der Waals surface area contributed by atoms with E-state index < -0.39 is 47.4 Å². The first-order chi connectivity index (χ1) is 71.5. The molecule has 0 saturated carbocycles. The number of pyridine rings is 5. The van der Waals surface area contributed by atoms with Gasteiger partial charge in [0.15, 0.2) is 30.9 Å². The van der Waals surface area contributed by atoms with Crippen LogP contribution in [0.25, 0.3) is 101 Å². The van der Waals surface area contributed by atoms with E-state index in [2.05, 4.69) is 108 Å². The van der Waals surface area contributed by atoms with E-state index in [1.54, 1.807) is 109 Å². The van der Waals surface area contributed by atoms with Gasteiger partial charge in [0.2, 0.25) is 0 Å². The van der Waals surface area contributed by atoms with Crippen molar-refractivity contribution in [2.75, 3.05) is 47.3 Å². The molecule has 35 heteroatoms. The molecule has 772 valence electrons. The summed E-state index contributed by atoms with van der Waals surface area (Å²) in [4.78, 5) is 80.0. The predicted octanol–water partition coefficient (Wildman–Crippen LogP) is 19.3. The van der Waals surface area contributed by atoms with Crippen LogP contribution >= 0.6 is 15.9 Å². The molecule has 10 aromatic heterocycles. The van der Waals surface area contributed by atoms with Crippen LogP contribution in [-0.4, -0.2) is 191 Å². The number of fused-ring (bicyclic) bond motifs is 5. The van der Waals surface area contributed by atoms with Crippen LogP contribution in [0.5, 0.6) is 28.7 Å². The van der Waals surface area contributed by atoms with Crippen molar-refractivity contribution in [3.8, 4) is 130 Å². The van der Waals surface area contributed by atoms with E-state index in [1.165, 1.54) is 30.0 Å². The number of aliphatic carboxylic acids is 1. The van der Waals surface area contributed by atoms with E-state index in [0.29, 0.717) is 63.1 Å². The third-order valence-electron chi connectivity index (χ3n) is 26.4. The molecule has 149 heavy (non-hydrogen) atoms. The smallest absolute Gasteiger partial charge is 0.493 e. The van der Waals surface area contributed by atoms with Gasteiger partial charge >= 0.3 is 25.0 Å². The molecule has 6 aliphatic rings. The standard InChI is InChI=1S/C25H29N3O4.C24H27N3O4.C21H21N3O4.C19H17N3O2.C15H21BO3.C10H8BrN3O/c1-25(2,3)32-23(24(29)30-5)22-20(18-8-9-19-17(15-18)7-6-14-31-19)21(27-28(22)4)16-10-12-26-13-11-16;1-24(2,3)31-22(23(28)29)21-19(17-7-8-18-16(14-17)6-5-13-30-18)20(26-27(21)4)15-9-11-25-12-10-15;1-24-19(20(25)21(26)27-2)17(18(23-24)13-7-9-22-10-8-13)15-5-6-16-14(12-15)4-3-11-28-16;1-22-16(12-23)18(19(21-22)13-6-8-20-9-7-13)15-4-5-17-14(11-15)3-2-10-24-17;1-14(2)15(3,4)19-16(18-14)12-7-8-13-11(10-12)6-5-9-17-13;1-14-8(6-15)9(11)10(13-14)7-2-4-12-5-3-7/h8-13,15,23H,6-7,14H2,1-5H3;7-12,14,22H,5-6,13H2,1-4H3,(H,28,29);5-10,12,20,25H,3-4,11H2,1-2H3;4-9,11-12H,2-3,10H2,1H3;7-8,10H,5-6,9H2,1-4H3;2-6H,1H3. The Balaban J connectivity index is 0.000000129. The number of methoxy groups -OCH3 is 2. The Morgan fingerprint density at radius 3 is 0.987 bits per heavy atom. The van der Waals surface area contributed by atoms with Crippen LogP contribution in [0.2, 0.25) is 0 Å². The number of carbonyl (C=O) groups is 5. The Hall–Kier alpha value is -15.0. The molecule has 3 atom stereocenters. The van der Waals surface area contributed by atoms with E-state index >= 15 is 0 Å². The van der Waals surface area contributed by atoms with E-state index in [9.17, 15) is 34.2 Å². The fraction of sp³-hybridized carbons (Fsp3) is 0.342. The van der Waals surface area contributed by atoms with Crippen molar-refractivity contribution < 1.29 is 86.1 Å². The van der Waals surface area contributed by atoms with E-state index in [1.807, 2.05) is 176 Å². The zero-order chi connectivity index (χ0) is 106. The summed E-state index contributed by atoms with van der Waals surface area (Å²) in [6, 6.07) is 49.2. The zero-order valence-corrected chi connectivity index (χ0v) is 88.4. The third kappa shape index (κ3) is 24.4. The number of rotatable bonds is 20. The average molecular weight is 2080 g/mol. The number of benzene rings is 5. The molecule has 16 heterocycles. The number of aliphatic hydroxyl groups is 1. The van der Waals surface area contributed by atoms with Crippen molar-refractivity contribution >= 4 is 59.0 Å². The van der Waals surface area contributed by atoms with Gasteiger partial charge in [0.1, 0.15) is 68.6 Å². The van der Waals surface area contributed by atoms with Crippen molar-refractivity contribution in [2.45, 2.75) is 174 Å². The van der Waals surface area contributed by atoms with Gasteiger partial charge in [-0.3, -0.25) is 57.9 Å². The van der Waals surface area contributed by atoms with E-state index in [0.717, 1.165) is 231 Å². The molecule has 1 saturated heterocycles. The highest BCUT2D eigenvalue weighted by Crippen LogP contribution is 2.48. The van der Waals surface area contributed by atoms with Crippen molar-refractivity contribution in [3.05, 3.63) is 274 Å². The first kappa shape index (κ1) is 107. The number of carbonyl (C=O) groups excluding carboxylic acids is 4. The molecule has 0 radical (unpaired) electrons. The van der Waals surface area contributed by atoms with Crippen molar-refractivity contribution in [1.29, 1.82) is 0 Å². The summed E-state index contributed by atoms with van der Waals surface area (Å²) in [5.41, 5.74) is 22.7. The number of aliphatic hydroxyl groups excluding tert-OH is 1. The number of nitrogens with zero attached hydrogens (tertiary/aromatic N) is 15. The fourth-order valence-corrected chi connectivity index (χ4v) is 19.2. The molecule has 2 N–H and O–H groups in total.